The first-order valence-electron chi connectivity index (χ1n) is 4.90. The molecule has 5 heteroatoms. The maximum Gasteiger partial charge on any atom is 0.255 e. The summed E-state index contributed by atoms with van der Waals surface area (Å²) in [5.41, 5.74) is 5.61. The molecule has 0 bridgehead atoms. The van der Waals surface area contributed by atoms with E-state index in [4.69, 9.17) is 17.3 Å². The van der Waals surface area contributed by atoms with Crippen LogP contribution in [0.5, 0.6) is 0 Å². The molecule has 0 fully saturated rings. The number of hydrogen-bond acceptors (Lipinski definition) is 2. The molecule has 1 amide bonds. The van der Waals surface area contributed by atoms with E-state index >= 15 is 0 Å². The third-order valence-electron chi connectivity index (χ3n) is 2.50. The van der Waals surface area contributed by atoms with Gasteiger partial charge in [-0.1, -0.05) is 17.7 Å². The van der Waals surface area contributed by atoms with Crippen molar-refractivity contribution < 1.29 is 9.18 Å². The Morgan fingerprint density at radius 1 is 1.62 bits per heavy atom. The summed E-state index contributed by atoms with van der Waals surface area (Å²) in [7, 11) is 1.61. The van der Waals surface area contributed by atoms with Crippen LogP contribution in [0.3, 0.4) is 0 Å². The largest absolute Gasteiger partial charge is 0.338 e. The summed E-state index contributed by atoms with van der Waals surface area (Å²) in [5.74, 6) is -0.927. The smallest absolute Gasteiger partial charge is 0.255 e. The van der Waals surface area contributed by atoms with Gasteiger partial charge < -0.3 is 10.6 Å². The van der Waals surface area contributed by atoms with Gasteiger partial charge in [0.2, 0.25) is 0 Å². The van der Waals surface area contributed by atoms with E-state index in [-0.39, 0.29) is 22.5 Å². The van der Waals surface area contributed by atoms with Gasteiger partial charge in [0.1, 0.15) is 5.82 Å². The highest BCUT2D eigenvalue weighted by Gasteiger charge is 2.20. The molecular formula is C11H14ClFN2O. The summed E-state index contributed by atoms with van der Waals surface area (Å²) >= 11 is 5.73. The van der Waals surface area contributed by atoms with E-state index in [9.17, 15) is 9.18 Å². The maximum atomic E-state index is 13.2. The standard InChI is InChI=1S/C11H14ClFN2O/c1-7(6-14)15(2)11(16)8-4-3-5-9(13)10(8)12/h3-5,7H,6,14H2,1-2H3/t7-/m0/s1. The molecule has 1 aromatic rings. The number of carbonyl (C=O) groups is 1. The minimum atomic E-state index is -0.596. The number of nitrogens with zero attached hydrogens (tertiary/aromatic N) is 1. The van der Waals surface area contributed by atoms with Gasteiger partial charge in [0, 0.05) is 19.6 Å². The second kappa shape index (κ2) is 5.27. The molecule has 0 aliphatic carbocycles. The Balaban J connectivity index is 3.01. The van der Waals surface area contributed by atoms with Gasteiger partial charge in [-0.15, -0.1) is 0 Å². The fourth-order valence-corrected chi connectivity index (χ4v) is 1.42. The first-order chi connectivity index (χ1) is 7.49. The van der Waals surface area contributed by atoms with Gasteiger partial charge in [0.05, 0.1) is 10.6 Å². The molecule has 1 aromatic carbocycles. The van der Waals surface area contributed by atoms with Crippen molar-refractivity contribution in [1.82, 2.24) is 4.90 Å². The van der Waals surface area contributed by atoms with Crippen molar-refractivity contribution in [2.45, 2.75) is 13.0 Å². The van der Waals surface area contributed by atoms with Gasteiger partial charge in [0.25, 0.3) is 5.91 Å². The molecule has 0 aromatic heterocycles. The molecule has 3 nitrogen and oxygen atoms in total. The van der Waals surface area contributed by atoms with Crippen LogP contribution in [0.15, 0.2) is 18.2 Å². The zero-order valence-corrected chi connectivity index (χ0v) is 9.96. The minimum Gasteiger partial charge on any atom is -0.338 e. The SMILES string of the molecule is C[C@@H](CN)N(C)C(=O)c1cccc(F)c1Cl. The van der Waals surface area contributed by atoms with Crippen LogP contribution in [0.25, 0.3) is 0 Å². The average Bonchev–Trinajstić information content (AvgIpc) is 2.29. The highest BCUT2D eigenvalue weighted by molar-refractivity contribution is 6.34. The summed E-state index contributed by atoms with van der Waals surface area (Å²) in [4.78, 5) is 13.4. The second-order valence-electron chi connectivity index (χ2n) is 3.60. The molecule has 1 rings (SSSR count). The number of carbonyl (C=O) groups excluding carboxylic acids is 1. The fraction of sp³-hybridized carbons (Fsp3) is 0.364. The fourth-order valence-electron chi connectivity index (χ4n) is 1.22. The lowest BCUT2D eigenvalue weighted by molar-refractivity contribution is 0.0748. The number of amides is 1. The van der Waals surface area contributed by atoms with Crippen molar-refractivity contribution in [1.29, 1.82) is 0 Å². The lowest BCUT2D eigenvalue weighted by atomic mass is 10.1. The monoisotopic (exact) mass is 244 g/mol. The summed E-state index contributed by atoms with van der Waals surface area (Å²) in [6.07, 6.45) is 0. The predicted molar refractivity (Wildman–Crippen MR) is 62.0 cm³/mol. The Bertz CT molecular complexity index is 398. The number of benzene rings is 1. The zero-order chi connectivity index (χ0) is 12.3. The molecule has 0 aliphatic heterocycles. The van der Waals surface area contributed by atoms with Crippen molar-refractivity contribution in [2.24, 2.45) is 5.73 Å². The summed E-state index contributed by atoms with van der Waals surface area (Å²) in [5, 5.41) is -0.149. The second-order valence-corrected chi connectivity index (χ2v) is 3.98. The lowest BCUT2D eigenvalue weighted by Crippen LogP contribution is -2.39. The van der Waals surface area contributed by atoms with Crippen LogP contribution in [0.4, 0.5) is 4.39 Å². The summed E-state index contributed by atoms with van der Waals surface area (Å²) < 4.78 is 13.2. The van der Waals surface area contributed by atoms with Crippen molar-refractivity contribution in [3.05, 3.63) is 34.6 Å². The van der Waals surface area contributed by atoms with Crippen molar-refractivity contribution in [3.8, 4) is 0 Å². The molecule has 16 heavy (non-hydrogen) atoms. The Morgan fingerprint density at radius 2 is 2.25 bits per heavy atom. The van der Waals surface area contributed by atoms with E-state index in [1.165, 1.54) is 23.1 Å². The van der Waals surface area contributed by atoms with Gasteiger partial charge in [-0.05, 0) is 19.1 Å². The molecule has 0 radical (unpaired) electrons. The lowest BCUT2D eigenvalue weighted by Gasteiger charge is -2.24. The van der Waals surface area contributed by atoms with Gasteiger partial charge in [-0.25, -0.2) is 4.39 Å². The van der Waals surface area contributed by atoms with Crippen molar-refractivity contribution in [3.63, 3.8) is 0 Å². The predicted octanol–water partition coefficient (Wildman–Crippen LogP) is 1.90. The third-order valence-corrected chi connectivity index (χ3v) is 2.89. The van der Waals surface area contributed by atoms with Crippen molar-refractivity contribution >= 4 is 17.5 Å². The van der Waals surface area contributed by atoms with Gasteiger partial charge in [-0.3, -0.25) is 4.79 Å². The molecule has 0 aliphatic rings. The minimum absolute atomic E-state index is 0.119. The Kier molecular flexibility index (Phi) is 4.26. The van der Waals surface area contributed by atoms with Crippen LogP contribution < -0.4 is 5.73 Å². The van der Waals surface area contributed by atoms with Crippen LogP contribution in [0.2, 0.25) is 5.02 Å². The Morgan fingerprint density at radius 3 is 2.81 bits per heavy atom. The van der Waals surface area contributed by atoms with Gasteiger partial charge >= 0.3 is 0 Å². The molecule has 0 saturated carbocycles. The molecule has 0 saturated heterocycles. The zero-order valence-electron chi connectivity index (χ0n) is 9.21. The van der Waals surface area contributed by atoms with E-state index in [1.807, 2.05) is 6.92 Å². The van der Waals surface area contributed by atoms with E-state index < -0.39 is 5.82 Å². The van der Waals surface area contributed by atoms with E-state index in [2.05, 4.69) is 0 Å². The molecule has 2 N–H and O–H groups in total. The molecule has 1 atom stereocenters. The third kappa shape index (κ3) is 2.51. The quantitative estimate of drug-likeness (QED) is 0.883. The van der Waals surface area contributed by atoms with E-state index in [1.54, 1.807) is 7.05 Å². The first-order valence-corrected chi connectivity index (χ1v) is 5.28. The van der Waals surface area contributed by atoms with Crippen LogP contribution in [0, 0.1) is 5.82 Å². The van der Waals surface area contributed by atoms with Crippen molar-refractivity contribution in [2.75, 3.05) is 13.6 Å². The maximum absolute atomic E-state index is 13.2. The summed E-state index contributed by atoms with van der Waals surface area (Å²) in [6, 6.07) is 4.04. The van der Waals surface area contributed by atoms with Gasteiger partial charge in [0.15, 0.2) is 0 Å². The number of hydrogen-bond donors (Lipinski definition) is 1. The van der Waals surface area contributed by atoms with Crippen LogP contribution >= 0.6 is 11.6 Å². The number of nitrogens with two attached hydrogens (primary N) is 1. The van der Waals surface area contributed by atoms with Gasteiger partial charge in [-0.2, -0.15) is 0 Å². The van der Waals surface area contributed by atoms with Crippen LogP contribution in [-0.2, 0) is 0 Å². The molecule has 0 spiro atoms. The Hall–Kier alpha value is -1.13. The number of halogens is 2. The summed E-state index contributed by atoms with van der Waals surface area (Å²) in [6.45, 7) is 2.15. The molecular weight excluding hydrogens is 231 g/mol. The van der Waals surface area contributed by atoms with E-state index in [0.717, 1.165) is 0 Å². The number of likely N-dealkylation sites (N-methyl/N-ethyl adjacent to an activating group) is 1. The average molecular weight is 245 g/mol. The molecule has 0 heterocycles. The molecule has 88 valence electrons. The molecule has 0 unspecified atom stereocenters. The first kappa shape index (κ1) is 12.9. The highest BCUT2D eigenvalue weighted by Crippen LogP contribution is 2.21. The van der Waals surface area contributed by atoms with Crippen LogP contribution in [0.1, 0.15) is 17.3 Å². The topological polar surface area (TPSA) is 46.3 Å². The Labute approximate surface area is 99.0 Å². The highest BCUT2D eigenvalue weighted by atomic mass is 35.5. The normalized spacial score (nSPS) is 12.3. The number of rotatable bonds is 3. The van der Waals surface area contributed by atoms with E-state index in [0.29, 0.717) is 6.54 Å². The van der Waals surface area contributed by atoms with Crippen LogP contribution in [-0.4, -0.2) is 30.4 Å².